The van der Waals surface area contributed by atoms with E-state index >= 15 is 0 Å². The molecular formula is C12H22O2. The van der Waals surface area contributed by atoms with E-state index in [9.17, 15) is 5.11 Å². The zero-order valence-electron chi connectivity index (χ0n) is 8.91. The van der Waals surface area contributed by atoms with E-state index in [1.54, 1.807) is 0 Å². The van der Waals surface area contributed by atoms with Crippen molar-refractivity contribution in [1.82, 2.24) is 0 Å². The molecule has 3 atom stereocenters. The normalized spacial score (nSPS) is 44.1. The van der Waals surface area contributed by atoms with Crippen LogP contribution in [0.15, 0.2) is 0 Å². The van der Waals surface area contributed by atoms with Crippen LogP contribution in [0.25, 0.3) is 0 Å². The first-order valence-electron chi connectivity index (χ1n) is 6.08. The van der Waals surface area contributed by atoms with E-state index in [1.165, 1.54) is 25.7 Å². The first-order chi connectivity index (χ1) is 6.74. The minimum Gasteiger partial charge on any atom is -0.396 e. The molecule has 0 amide bonds. The van der Waals surface area contributed by atoms with Crippen molar-refractivity contribution in [3.63, 3.8) is 0 Å². The Hall–Kier alpha value is -0.0800. The molecule has 0 saturated heterocycles. The number of hydrogen-bond acceptors (Lipinski definition) is 2. The van der Waals surface area contributed by atoms with E-state index in [1.807, 2.05) is 0 Å². The summed E-state index contributed by atoms with van der Waals surface area (Å²) in [7, 11) is 0. The van der Waals surface area contributed by atoms with E-state index in [0.717, 1.165) is 25.7 Å². The van der Waals surface area contributed by atoms with Gasteiger partial charge in [-0.05, 0) is 50.4 Å². The zero-order chi connectivity index (χ0) is 10.0. The van der Waals surface area contributed by atoms with Crippen molar-refractivity contribution in [1.29, 1.82) is 0 Å². The summed E-state index contributed by atoms with van der Waals surface area (Å²) in [5.41, 5.74) is -0.367. The van der Waals surface area contributed by atoms with Crippen LogP contribution < -0.4 is 0 Å². The lowest BCUT2D eigenvalue weighted by molar-refractivity contribution is -0.0237. The van der Waals surface area contributed by atoms with Crippen LogP contribution in [0.4, 0.5) is 0 Å². The van der Waals surface area contributed by atoms with Crippen molar-refractivity contribution >= 4 is 0 Å². The molecule has 2 nitrogen and oxygen atoms in total. The molecule has 0 aromatic carbocycles. The molecule has 2 N–H and O–H groups in total. The highest BCUT2D eigenvalue weighted by atomic mass is 16.3. The Bertz CT molecular complexity index is 193. The van der Waals surface area contributed by atoms with Gasteiger partial charge in [0.1, 0.15) is 0 Å². The molecule has 2 heteroatoms. The molecule has 0 spiro atoms. The van der Waals surface area contributed by atoms with E-state index < -0.39 is 0 Å². The largest absolute Gasteiger partial charge is 0.396 e. The Morgan fingerprint density at radius 3 is 2.57 bits per heavy atom. The van der Waals surface area contributed by atoms with Gasteiger partial charge in [-0.15, -0.1) is 0 Å². The van der Waals surface area contributed by atoms with Crippen LogP contribution in [0.3, 0.4) is 0 Å². The van der Waals surface area contributed by atoms with Crippen LogP contribution in [0.1, 0.15) is 51.4 Å². The highest BCUT2D eigenvalue weighted by Gasteiger charge is 2.41. The predicted molar refractivity (Wildman–Crippen MR) is 56.0 cm³/mol. The average molecular weight is 198 g/mol. The van der Waals surface area contributed by atoms with E-state index in [-0.39, 0.29) is 5.60 Å². The third-order valence-corrected chi connectivity index (χ3v) is 4.33. The summed E-state index contributed by atoms with van der Waals surface area (Å²) in [4.78, 5) is 0. The van der Waals surface area contributed by atoms with Gasteiger partial charge in [0.2, 0.25) is 0 Å². The molecule has 2 aliphatic rings. The van der Waals surface area contributed by atoms with Gasteiger partial charge in [0.05, 0.1) is 5.60 Å². The zero-order valence-corrected chi connectivity index (χ0v) is 8.91. The maximum Gasteiger partial charge on any atom is 0.0676 e. The maximum atomic E-state index is 10.4. The molecule has 0 radical (unpaired) electrons. The molecular weight excluding hydrogens is 176 g/mol. The first-order valence-corrected chi connectivity index (χ1v) is 6.08. The highest BCUT2D eigenvalue weighted by Crippen LogP contribution is 2.44. The Labute approximate surface area is 86.3 Å². The van der Waals surface area contributed by atoms with Gasteiger partial charge in [0.15, 0.2) is 0 Å². The molecule has 14 heavy (non-hydrogen) atoms. The third-order valence-electron chi connectivity index (χ3n) is 4.33. The molecule has 0 bridgehead atoms. The second-order valence-corrected chi connectivity index (χ2v) is 5.21. The summed E-state index contributed by atoms with van der Waals surface area (Å²) in [5, 5.41) is 19.6. The molecule has 0 aromatic rings. The fourth-order valence-electron chi connectivity index (χ4n) is 3.30. The Morgan fingerprint density at radius 2 is 1.79 bits per heavy atom. The van der Waals surface area contributed by atoms with Gasteiger partial charge in [-0.3, -0.25) is 0 Å². The van der Waals surface area contributed by atoms with Crippen molar-refractivity contribution in [2.24, 2.45) is 11.8 Å². The summed E-state index contributed by atoms with van der Waals surface area (Å²) < 4.78 is 0. The van der Waals surface area contributed by atoms with Crippen LogP contribution >= 0.6 is 0 Å². The SMILES string of the molecule is OC[C@@H]1CCC[C@@H]2CCC[C@@]2(O)CC1. The summed E-state index contributed by atoms with van der Waals surface area (Å²) in [6, 6.07) is 0. The minimum absolute atomic E-state index is 0.306. The second kappa shape index (κ2) is 4.19. The lowest BCUT2D eigenvalue weighted by Crippen LogP contribution is -2.35. The van der Waals surface area contributed by atoms with Gasteiger partial charge >= 0.3 is 0 Å². The standard InChI is InChI=1S/C12H22O2/c13-9-10-3-1-4-11-5-2-7-12(11,14)8-6-10/h10-11,13-14H,1-9H2/t10-,11-,12-/m1/s1. The molecule has 2 rings (SSSR count). The van der Waals surface area contributed by atoms with Gasteiger partial charge in [-0.25, -0.2) is 0 Å². The molecule has 2 saturated carbocycles. The lowest BCUT2D eigenvalue weighted by atomic mass is 9.77. The van der Waals surface area contributed by atoms with Gasteiger partial charge in [0.25, 0.3) is 0 Å². The summed E-state index contributed by atoms with van der Waals surface area (Å²) in [6.07, 6.45) is 8.88. The number of aliphatic hydroxyl groups is 2. The van der Waals surface area contributed by atoms with Crippen molar-refractivity contribution in [3.8, 4) is 0 Å². The summed E-state index contributed by atoms with van der Waals surface area (Å²) in [5.74, 6) is 1.00. The quantitative estimate of drug-likeness (QED) is 0.677. The second-order valence-electron chi connectivity index (χ2n) is 5.21. The van der Waals surface area contributed by atoms with E-state index in [2.05, 4.69) is 0 Å². The topological polar surface area (TPSA) is 40.5 Å². The summed E-state index contributed by atoms with van der Waals surface area (Å²) in [6.45, 7) is 0.306. The number of aliphatic hydroxyl groups excluding tert-OH is 1. The van der Waals surface area contributed by atoms with Gasteiger partial charge in [-0.2, -0.15) is 0 Å². The number of rotatable bonds is 1. The first kappa shape index (κ1) is 10.4. The van der Waals surface area contributed by atoms with Crippen molar-refractivity contribution in [2.75, 3.05) is 6.61 Å². The number of fused-ring (bicyclic) bond motifs is 1. The monoisotopic (exact) mass is 198 g/mol. The smallest absolute Gasteiger partial charge is 0.0676 e. The fraction of sp³-hybridized carbons (Fsp3) is 1.00. The molecule has 0 unspecified atom stereocenters. The van der Waals surface area contributed by atoms with Crippen LogP contribution in [-0.2, 0) is 0 Å². The van der Waals surface area contributed by atoms with Crippen LogP contribution in [0, 0.1) is 11.8 Å². The fourth-order valence-corrected chi connectivity index (χ4v) is 3.30. The molecule has 0 aliphatic heterocycles. The van der Waals surface area contributed by atoms with E-state index in [4.69, 9.17) is 5.11 Å². The predicted octanol–water partition coefficient (Wildman–Crippen LogP) is 2.09. The van der Waals surface area contributed by atoms with Crippen molar-refractivity contribution in [3.05, 3.63) is 0 Å². The van der Waals surface area contributed by atoms with Gasteiger partial charge in [0, 0.05) is 6.61 Å². The highest BCUT2D eigenvalue weighted by molar-refractivity contribution is 4.93. The Balaban J connectivity index is 1.99. The van der Waals surface area contributed by atoms with Gasteiger partial charge < -0.3 is 10.2 Å². The number of hydrogen-bond donors (Lipinski definition) is 2. The average Bonchev–Trinajstić information content (AvgIpc) is 2.50. The lowest BCUT2D eigenvalue weighted by Gasteiger charge is -2.34. The third kappa shape index (κ3) is 1.96. The minimum atomic E-state index is -0.367. The Kier molecular flexibility index (Phi) is 3.13. The van der Waals surface area contributed by atoms with Crippen molar-refractivity contribution in [2.45, 2.75) is 57.0 Å². The van der Waals surface area contributed by atoms with Crippen molar-refractivity contribution < 1.29 is 10.2 Å². The van der Waals surface area contributed by atoms with Crippen LogP contribution in [0.2, 0.25) is 0 Å². The van der Waals surface area contributed by atoms with E-state index in [0.29, 0.717) is 18.4 Å². The van der Waals surface area contributed by atoms with Crippen LogP contribution in [-0.4, -0.2) is 22.4 Å². The molecule has 2 aliphatic carbocycles. The van der Waals surface area contributed by atoms with Gasteiger partial charge in [-0.1, -0.05) is 12.8 Å². The maximum absolute atomic E-state index is 10.4. The Morgan fingerprint density at radius 1 is 1.00 bits per heavy atom. The molecule has 2 fully saturated rings. The molecule has 0 heterocycles. The molecule has 0 aromatic heterocycles. The van der Waals surface area contributed by atoms with Crippen LogP contribution in [0.5, 0.6) is 0 Å². The summed E-state index contributed by atoms with van der Waals surface area (Å²) >= 11 is 0. The molecule has 82 valence electrons.